The highest BCUT2D eigenvalue weighted by Gasteiger charge is 2.23. The number of fused-ring (bicyclic) bond motifs is 4. The van der Waals surface area contributed by atoms with Crippen LogP contribution in [0.1, 0.15) is 11.3 Å². The number of nitrogens with one attached hydrogen (secondary N) is 1. The number of hydrogen-bond donors (Lipinski definition) is 1. The van der Waals surface area contributed by atoms with Crippen molar-refractivity contribution in [3.05, 3.63) is 42.0 Å². The second-order valence-corrected chi connectivity index (χ2v) is 6.40. The van der Waals surface area contributed by atoms with Crippen LogP contribution in [-0.2, 0) is 20.0 Å². The average Bonchev–Trinajstić information content (AvgIpc) is 3.21. The van der Waals surface area contributed by atoms with Crippen molar-refractivity contribution >= 4 is 28.0 Å². The molecule has 0 atom stereocenters. The largest absolute Gasteiger partial charge is 0.497 e. The summed E-state index contributed by atoms with van der Waals surface area (Å²) in [5.41, 5.74) is 5.42. The van der Waals surface area contributed by atoms with Crippen LogP contribution < -0.4 is 9.64 Å². The number of anilines is 1. The Labute approximate surface area is 144 Å². The summed E-state index contributed by atoms with van der Waals surface area (Å²) in [5, 5.41) is 1.21. The molecule has 4 heterocycles. The van der Waals surface area contributed by atoms with E-state index in [1.54, 1.807) is 19.6 Å². The predicted molar refractivity (Wildman–Crippen MR) is 95.9 cm³/mol. The number of aromatic amines is 1. The van der Waals surface area contributed by atoms with Crippen molar-refractivity contribution < 1.29 is 4.74 Å². The average molecular weight is 334 g/mol. The zero-order chi connectivity index (χ0) is 17.0. The maximum atomic E-state index is 5.38. The third kappa shape index (κ3) is 2.15. The normalized spacial score (nSPS) is 14.2. The van der Waals surface area contributed by atoms with Crippen LogP contribution in [0.4, 0.5) is 5.95 Å². The molecule has 0 radical (unpaired) electrons. The molecule has 1 aliphatic rings. The summed E-state index contributed by atoms with van der Waals surface area (Å²) >= 11 is 0. The molecule has 0 unspecified atom stereocenters. The molecule has 0 bridgehead atoms. The van der Waals surface area contributed by atoms with Gasteiger partial charge in [0.2, 0.25) is 5.95 Å². The van der Waals surface area contributed by atoms with Gasteiger partial charge in [0.1, 0.15) is 11.3 Å². The van der Waals surface area contributed by atoms with Crippen LogP contribution >= 0.6 is 0 Å². The molecular weight excluding hydrogens is 316 g/mol. The fraction of sp³-hybridized carbons (Fsp3) is 0.278. The number of rotatable bonds is 2. The minimum Gasteiger partial charge on any atom is -0.497 e. The van der Waals surface area contributed by atoms with Crippen LogP contribution in [0.3, 0.4) is 0 Å². The van der Waals surface area contributed by atoms with Crippen LogP contribution in [0.15, 0.2) is 30.7 Å². The number of ether oxygens (including phenoxy) is 1. The van der Waals surface area contributed by atoms with Crippen molar-refractivity contribution in [2.45, 2.75) is 13.0 Å². The van der Waals surface area contributed by atoms with E-state index < -0.39 is 0 Å². The van der Waals surface area contributed by atoms with Gasteiger partial charge < -0.3 is 19.2 Å². The van der Waals surface area contributed by atoms with Gasteiger partial charge in [0.05, 0.1) is 19.6 Å². The van der Waals surface area contributed by atoms with Crippen LogP contribution in [0, 0.1) is 0 Å². The Balaban J connectivity index is 1.56. The molecule has 7 nitrogen and oxygen atoms in total. The first kappa shape index (κ1) is 14.3. The first-order chi connectivity index (χ1) is 12.2. The minimum atomic E-state index is 0.749. The Kier molecular flexibility index (Phi) is 2.97. The van der Waals surface area contributed by atoms with E-state index in [9.17, 15) is 0 Å². The van der Waals surface area contributed by atoms with E-state index in [1.807, 2.05) is 17.7 Å². The van der Waals surface area contributed by atoms with Gasteiger partial charge in [-0.2, -0.15) is 4.98 Å². The molecule has 0 fully saturated rings. The van der Waals surface area contributed by atoms with Crippen LogP contribution in [0.2, 0.25) is 0 Å². The third-order valence-corrected chi connectivity index (χ3v) is 4.91. The molecule has 1 aromatic carbocycles. The van der Waals surface area contributed by atoms with Gasteiger partial charge in [0, 0.05) is 48.7 Å². The van der Waals surface area contributed by atoms with E-state index in [1.165, 1.54) is 16.6 Å². The molecule has 5 rings (SSSR count). The fourth-order valence-corrected chi connectivity index (χ4v) is 3.55. The molecular formula is C18H18N6O. The lowest BCUT2D eigenvalue weighted by Crippen LogP contribution is -2.31. The van der Waals surface area contributed by atoms with Crippen molar-refractivity contribution in [3.63, 3.8) is 0 Å². The molecule has 0 saturated heterocycles. The van der Waals surface area contributed by atoms with E-state index >= 15 is 0 Å². The summed E-state index contributed by atoms with van der Waals surface area (Å²) in [6, 6.07) is 6.16. The molecule has 126 valence electrons. The standard InChI is InChI=1S/C18H18N6O/c1-23-10-20-16-8-19-18(22-17(16)23)24-6-5-15-13(9-24)12-7-11(25-2)3-4-14(12)21-15/h3-4,7-8,10,21H,5-6,9H2,1-2H3. The highest BCUT2D eigenvalue weighted by molar-refractivity contribution is 5.86. The Morgan fingerprint density at radius 1 is 1.24 bits per heavy atom. The summed E-state index contributed by atoms with van der Waals surface area (Å²) in [7, 11) is 3.65. The molecule has 0 aliphatic carbocycles. The number of nitrogens with zero attached hydrogens (tertiary/aromatic N) is 5. The Morgan fingerprint density at radius 2 is 2.16 bits per heavy atom. The third-order valence-electron chi connectivity index (χ3n) is 4.91. The predicted octanol–water partition coefficient (Wildman–Crippen LogP) is 2.42. The molecule has 0 spiro atoms. The zero-order valence-electron chi connectivity index (χ0n) is 14.2. The number of aryl methyl sites for hydroxylation is 1. The topological polar surface area (TPSA) is 71.9 Å². The van der Waals surface area contributed by atoms with Crippen molar-refractivity contribution in [3.8, 4) is 5.75 Å². The summed E-state index contributed by atoms with van der Waals surface area (Å²) in [4.78, 5) is 19.3. The van der Waals surface area contributed by atoms with Gasteiger partial charge in [-0.25, -0.2) is 9.97 Å². The molecule has 0 amide bonds. The summed E-state index contributed by atoms with van der Waals surface area (Å²) in [5.74, 6) is 1.62. The number of imidazole rings is 1. The molecule has 4 aromatic rings. The van der Waals surface area contributed by atoms with E-state index in [2.05, 4.69) is 32.0 Å². The SMILES string of the molecule is COc1ccc2[nH]c3c(c2c1)CN(c1ncc2ncn(C)c2n1)CC3. The van der Waals surface area contributed by atoms with Crippen molar-refractivity contribution in [2.75, 3.05) is 18.6 Å². The molecule has 7 heteroatoms. The number of benzene rings is 1. The molecule has 0 saturated carbocycles. The molecule has 1 aliphatic heterocycles. The molecule has 25 heavy (non-hydrogen) atoms. The highest BCUT2D eigenvalue weighted by Crippen LogP contribution is 2.31. The monoisotopic (exact) mass is 334 g/mol. The zero-order valence-corrected chi connectivity index (χ0v) is 14.2. The molecule has 1 N–H and O–H groups in total. The maximum Gasteiger partial charge on any atom is 0.227 e. The Bertz CT molecular complexity index is 1100. The second kappa shape index (κ2) is 5.20. The van der Waals surface area contributed by atoms with Crippen molar-refractivity contribution in [1.82, 2.24) is 24.5 Å². The number of aromatic nitrogens is 5. The van der Waals surface area contributed by atoms with Crippen molar-refractivity contribution in [1.29, 1.82) is 0 Å². The first-order valence-electron chi connectivity index (χ1n) is 8.29. The van der Waals surface area contributed by atoms with Crippen LogP contribution in [-0.4, -0.2) is 38.2 Å². The Hall–Kier alpha value is -3.09. The van der Waals surface area contributed by atoms with Gasteiger partial charge in [0.25, 0.3) is 0 Å². The summed E-state index contributed by atoms with van der Waals surface area (Å²) in [6.07, 6.45) is 4.51. The van der Waals surface area contributed by atoms with Gasteiger partial charge in [-0.05, 0) is 18.2 Å². The number of hydrogen-bond acceptors (Lipinski definition) is 5. The van der Waals surface area contributed by atoms with E-state index in [-0.39, 0.29) is 0 Å². The minimum absolute atomic E-state index is 0.749. The van der Waals surface area contributed by atoms with Gasteiger partial charge in [-0.3, -0.25) is 0 Å². The quantitative estimate of drug-likeness (QED) is 0.609. The first-order valence-corrected chi connectivity index (χ1v) is 8.29. The lowest BCUT2D eigenvalue weighted by atomic mass is 10.0. The van der Waals surface area contributed by atoms with E-state index in [4.69, 9.17) is 9.72 Å². The highest BCUT2D eigenvalue weighted by atomic mass is 16.5. The summed E-state index contributed by atoms with van der Waals surface area (Å²) < 4.78 is 7.31. The Morgan fingerprint density at radius 3 is 3.04 bits per heavy atom. The van der Waals surface area contributed by atoms with E-state index in [0.717, 1.165) is 47.9 Å². The molecule has 3 aromatic heterocycles. The van der Waals surface area contributed by atoms with Crippen LogP contribution in [0.25, 0.3) is 22.1 Å². The maximum absolute atomic E-state index is 5.38. The van der Waals surface area contributed by atoms with Crippen molar-refractivity contribution in [2.24, 2.45) is 7.05 Å². The van der Waals surface area contributed by atoms with E-state index in [0.29, 0.717) is 0 Å². The van der Waals surface area contributed by atoms with Gasteiger partial charge in [-0.1, -0.05) is 0 Å². The number of methoxy groups -OCH3 is 1. The van der Waals surface area contributed by atoms with Crippen LogP contribution in [0.5, 0.6) is 5.75 Å². The van der Waals surface area contributed by atoms with Gasteiger partial charge >= 0.3 is 0 Å². The lowest BCUT2D eigenvalue weighted by Gasteiger charge is -2.27. The smallest absolute Gasteiger partial charge is 0.227 e. The second-order valence-electron chi connectivity index (χ2n) is 6.40. The fourth-order valence-electron chi connectivity index (χ4n) is 3.55. The van der Waals surface area contributed by atoms with Gasteiger partial charge in [-0.15, -0.1) is 0 Å². The summed E-state index contributed by atoms with van der Waals surface area (Å²) in [6.45, 7) is 1.67. The number of H-pyrrole nitrogens is 1. The van der Waals surface area contributed by atoms with Gasteiger partial charge in [0.15, 0.2) is 5.65 Å². The lowest BCUT2D eigenvalue weighted by molar-refractivity contribution is 0.415.